The van der Waals surface area contributed by atoms with Crippen LogP contribution in [0.2, 0.25) is 0 Å². The molecule has 0 aromatic rings. The molecule has 4 heteroatoms. The summed E-state index contributed by atoms with van der Waals surface area (Å²) in [4.78, 5) is 24.7. The largest absolute Gasteiger partial charge is 0.335 e. The van der Waals surface area contributed by atoms with Gasteiger partial charge in [0, 0.05) is 12.1 Å². The van der Waals surface area contributed by atoms with Crippen LogP contribution in [0, 0.1) is 0 Å². The van der Waals surface area contributed by atoms with E-state index in [1.54, 1.807) is 0 Å². The lowest BCUT2D eigenvalue weighted by Crippen LogP contribution is -2.49. The molecule has 0 bridgehead atoms. The Labute approximate surface area is 109 Å². The third kappa shape index (κ3) is 3.47. The molecule has 0 heterocycles. The molecule has 0 atom stereocenters. The van der Waals surface area contributed by atoms with Gasteiger partial charge >= 0.3 is 6.03 Å². The zero-order chi connectivity index (χ0) is 12.8. The van der Waals surface area contributed by atoms with Gasteiger partial charge in [0.2, 0.25) is 6.41 Å². The lowest BCUT2D eigenvalue weighted by Gasteiger charge is -2.32. The maximum Gasteiger partial charge on any atom is 0.324 e. The molecule has 0 aliphatic heterocycles. The lowest BCUT2D eigenvalue weighted by molar-refractivity contribution is -0.117. The predicted octanol–water partition coefficient (Wildman–Crippen LogP) is 2.82. The molecule has 0 spiro atoms. The molecule has 0 unspecified atom stereocenters. The number of hydrogen-bond donors (Lipinski definition) is 1. The highest BCUT2D eigenvalue weighted by atomic mass is 16.2. The van der Waals surface area contributed by atoms with Crippen LogP contribution >= 0.6 is 0 Å². The Morgan fingerprint density at radius 1 is 0.944 bits per heavy atom. The van der Waals surface area contributed by atoms with E-state index in [9.17, 15) is 9.59 Å². The Morgan fingerprint density at radius 2 is 1.50 bits per heavy atom. The molecule has 3 amide bonds. The molecular formula is C14H24N2O2. The normalized spacial score (nSPS) is 22.4. The third-order valence-corrected chi connectivity index (χ3v) is 4.25. The van der Waals surface area contributed by atoms with Crippen LogP contribution in [0.15, 0.2) is 0 Å². The van der Waals surface area contributed by atoms with Gasteiger partial charge in [-0.25, -0.2) is 4.79 Å². The molecular weight excluding hydrogens is 228 g/mol. The average Bonchev–Trinajstić information content (AvgIpc) is 2.42. The monoisotopic (exact) mass is 252 g/mol. The van der Waals surface area contributed by atoms with Gasteiger partial charge in [-0.1, -0.05) is 38.5 Å². The molecule has 2 aliphatic carbocycles. The summed E-state index contributed by atoms with van der Waals surface area (Å²) < 4.78 is 0. The van der Waals surface area contributed by atoms with Crippen molar-refractivity contribution in [3.05, 3.63) is 0 Å². The molecule has 0 aromatic heterocycles. The van der Waals surface area contributed by atoms with E-state index in [0.717, 1.165) is 38.5 Å². The Hall–Kier alpha value is -1.06. The van der Waals surface area contributed by atoms with Gasteiger partial charge in [0.1, 0.15) is 0 Å². The quantitative estimate of drug-likeness (QED) is 0.785. The van der Waals surface area contributed by atoms with Gasteiger partial charge in [-0.15, -0.1) is 0 Å². The fourth-order valence-electron chi connectivity index (χ4n) is 3.16. The highest BCUT2D eigenvalue weighted by Gasteiger charge is 2.26. The van der Waals surface area contributed by atoms with Crippen LogP contribution in [0.4, 0.5) is 4.79 Å². The Balaban J connectivity index is 1.85. The van der Waals surface area contributed by atoms with E-state index in [1.165, 1.54) is 30.6 Å². The van der Waals surface area contributed by atoms with Gasteiger partial charge in [0.15, 0.2) is 0 Å². The standard InChI is InChI=1S/C14H24N2O2/c17-11-16(13-9-5-2-6-10-13)14(18)15-12-7-3-1-4-8-12/h11-13H,1-10H2,(H,15,18). The maximum absolute atomic E-state index is 12.1. The molecule has 0 aromatic carbocycles. The molecule has 4 nitrogen and oxygen atoms in total. The molecule has 2 aliphatic rings. The van der Waals surface area contributed by atoms with E-state index in [1.807, 2.05) is 0 Å². The van der Waals surface area contributed by atoms with Crippen molar-refractivity contribution in [3.63, 3.8) is 0 Å². The van der Waals surface area contributed by atoms with Crippen molar-refractivity contribution in [2.24, 2.45) is 0 Å². The maximum atomic E-state index is 12.1. The number of carbonyl (C=O) groups excluding carboxylic acids is 2. The van der Waals surface area contributed by atoms with Crippen molar-refractivity contribution in [1.82, 2.24) is 10.2 Å². The van der Waals surface area contributed by atoms with E-state index in [4.69, 9.17) is 0 Å². The molecule has 2 rings (SSSR count). The predicted molar refractivity (Wildman–Crippen MR) is 70.2 cm³/mol. The first-order valence-electron chi connectivity index (χ1n) is 7.35. The highest BCUT2D eigenvalue weighted by Crippen LogP contribution is 2.22. The molecule has 2 saturated carbocycles. The number of hydrogen-bond acceptors (Lipinski definition) is 2. The van der Waals surface area contributed by atoms with Crippen LogP contribution in [0.25, 0.3) is 0 Å². The second kappa shape index (κ2) is 6.76. The Morgan fingerprint density at radius 3 is 2.06 bits per heavy atom. The van der Waals surface area contributed by atoms with E-state index < -0.39 is 0 Å². The van der Waals surface area contributed by atoms with Gasteiger partial charge in [0.05, 0.1) is 0 Å². The Bertz CT molecular complexity index is 282. The van der Waals surface area contributed by atoms with Gasteiger partial charge in [0.25, 0.3) is 0 Å². The molecule has 1 N–H and O–H groups in total. The van der Waals surface area contributed by atoms with Gasteiger partial charge in [-0.3, -0.25) is 9.69 Å². The molecule has 0 radical (unpaired) electrons. The van der Waals surface area contributed by atoms with Crippen molar-refractivity contribution >= 4 is 12.4 Å². The minimum absolute atomic E-state index is 0.125. The van der Waals surface area contributed by atoms with E-state index >= 15 is 0 Å². The summed E-state index contributed by atoms with van der Waals surface area (Å²) in [5.74, 6) is 0. The SMILES string of the molecule is O=CN(C(=O)NC1CCCCC1)C1CCCCC1. The number of rotatable bonds is 3. The fourth-order valence-corrected chi connectivity index (χ4v) is 3.16. The second-order valence-corrected chi connectivity index (χ2v) is 5.59. The Kier molecular flexibility index (Phi) is 5.02. The van der Waals surface area contributed by atoms with E-state index in [-0.39, 0.29) is 18.1 Å². The van der Waals surface area contributed by atoms with Crippen LogP contribution < -0.4 is 5.32 Å². The smallest absolute Gasteiger partial charge is 0.324 e. The lowest BCUT2D eigenvalue weighted by atomic mass is 9.94. The first-order valence-corrected chi connectivity index (χ1v) is 7.35. The van der Waals surface area contributed by atoms with Gasteiger partial charge < -0.3 is 5.32 Å². The summed E-state index contributed by atoms with van der Waals surface area (Å²) in [5.41, 5.74) is 0. The first-order chi connectivity index (χ1) is 8.81. The number of carbonyl (C=O) groups is 2. The van der Waals surface area contributed by atoms with Crippen LogP contribution in [-0.4, -0.2) is 29.4 Å². The zero-order valence-corrected chi connectivity index (χ0v) is 11.1. The van der Waals surface area contributed by atoms with E-state index in [2.05, 4.69) is 5.32 Å². The molecule has 0 saturated heterocycles. The number of amides is 3. The zero-order valence-electron chi connectivity index (χ0n) is 11.1. The van der Waals surface area contributed by atoms with Crippen LogP contribution in [0.3, 0.4) is 0 Å². The number of nitrogens with one attached hydrogen (secondary N) is 1. The molecule has 2 fully saturated rings. The second-order valence-electron chi connectivity index (χ2n) is 5.59. The minimum Gasteiger partial charge on any atom is -0.335 e. The summed E-state index contributed by atoms with van der Waals surface area (Å²) in [6, 6.07) is 0.223. The van der Waals surface area contributed by atoms with Crippen molar-refractivity contribution in [2.45, 2.75) is 76.3 Å². The van der Waals surface area contributed by atoms with E-state index in [0.29, 0.717) is 6.41 Å². The number of nitrogens with zero attached hydrogens (tertiary/aromatic N) is 1. The molecule has 102 valence electrons. The summed E-state index contributed by atoms with van der Waals surface area (Å²) in [6.45, 7) is 0. The fraction of sp³-hybridized carbons (Fsp3) is 0.857. The third-order valence-electron chi connectivity index (χ3n) is 4.25. The van der Waals surface area contributed by atoms with Crippen LogP contribution in [0.5, 0.6) is 0 Å². The summed E-state index contributed by atoms with van der Waals surface area (Å²) in [7, 11) is 0. The number of urea groups is 1. The van der Waals surface area contributed by atoms with Crippen molar-refractivity contribution in [1.29, 1.82) is 0 Å². The average molecular weight is 252 g/mol. The van der Waals surface area contributed by atoms with Crippen molar-refractivity contribution in [2.75, 3.05) is 0 Å². The summed E-state index contributed by atoms with van der Waals surface area (Å²) >= 11 is 0. The van der Waals surface area contributed by atoms with Gasteiger partial charge in [-0.05, 0) is 25.7 Å². The summed E-state index contributed by atoms with van der Waals surface area (Å²) in [6.07, 6.45) is 11.9. The highest BCUT2D eigenvalue weighted by molar-refractivity contribution is 5.85. The first kappa shape index (κ1) is 13.4. The molecule has 18 heavy (non-hydrogen) atoms. The van der Waals surface area contributed by atoms with Crippen LogP contribution in [0.1, 0.15) is 64.2 Å². The minimum atomic E-state index is -0.177. The van der Waals surface area contributed by atoms with Crippen molar-refractivity contribution < 1.29 is 9.59 Å². The van der Waals surface area contributed by atoms with Crippen molar-refractivity contribution in [3.8, 4) is 0 Å². The van der Waals surface area contributed by atoms with Gasteiger partial charge in [-0.2, -0.15) is 0 Å². The summed E-state index contributed by atoms with van der Waals surface area (Å²) in [5, 5.41) is 3.02. The van der Waals surface area contributed by atoms with Crippen LogP contribution in [-0.2, 0) is 4.79 Å². The topological polar surface area (TPSA) is 49.4 Å². The number of imide groups is 1.